The molecule has 3 aliphatic rings. The molecule has 2 fully saturated rings. The first-order chi connectivity index (χ1) is 8.46. The van der Waals surface area contributed by atoms with Crippen molar-refractivity contribution in [3.05, 3.63) is 36.1 Å². The number of esters is 1. The van der Waals surface area contributed by atoms with Crippen molar-refractivity contribution in [2.75, 3.05) is 0 Å². The Hall–Kier alpha value is -1.51. The van der Waals surface area contributed by atoms with Crippen molar-refractivity contribution in [1.82, 2.24) is 0 Å². The summed E-state index contributed by atoms with van der Waals surface area (Å²) in [7, 11) is 0. The van der Waals surface area contributed by atoms with Crippen LogP contribution < -0.4 is 0 Å². The molecule has 0 unspecified atom stereocenters. The molecule has 18 heavy (non-hydrogen) atoms. The number of carbonyl (C=O) groups excluding carboxylic acids is 1. The van der Waals surface area contributed by atoms with Crippen molar-refractivity contribution in [3.63, 3.8) is 0 Å². The SMILES string of the molecule is C=C1C(=O)O[C@]23C[C@H]1CC[C@@]2(C)C=CC=C(C)O3. The van der Waals surface area contributed by atoms with Gasteiger partial charge in [-0.05, 0) is 38.7 Å². The Morgan fingerprint density at radius 2 is 2.22 bits per heavy atom. The lowest BCUT2D eigenvalue weighted by Crippen LogP contribution is -2.58. The predicted octanol–water partition coefficient (Wildman–Crippen LogP) is 3.09. The lowest BCUT2D eigenvalue weighted by molar-refractivity contribution is -0.280. The van der Waals surface area contributed by atoms with Crippen molar-refractivity contribution in [2.45, 2.75) is 38.9 Å². The summed E-state index contributed by atoms with van der Waals surface area (Å²) >= 11 is 0. The van der Waals surface area contributed by atoms with Gasteiger partial charge in [-0.1, -0.05) is 18.7 Å². The second-order valence-electron chi connectivity index (χ2n) is 5.76. The molecular formula is C15H18O3. The summed E-state index contributed by atoms with van der Waals surface area (Å²) in [6, 6.07) is 0. The fourth-order valence-electron chi connectivity index (χ4n) is 3.24. The van der Waals surface area contributed by atoms with Crippen LogP contribution in [-0.4, -0.2) is 11.8 Å². The van der Waals surface area contributed by atoms with Crippen molar-refractivity contribution in [3.8, 4) is 0 Å². The molecule has 2 aliphatic heterocycles. The maximum atomic E-state index is 12.0. The van der Waals surface area contributed by atoms with E-state index >= 15 is 0 Å². The monoisotopic (exact) mass is 246 g/mol. The molecule has 0 amide bonds. The lowest BCUT2D eigenvalue weighted by Gasteiger charge is -2.53. The zero-order valence-corrected chi connectivity index (χ0v) is 10.9. The summed E-state index contributed by atoms with van der Waals surface area (Å²) in [6.45, 7) is 7.85. The van der Waals surface area contributed by atoms with Gasteiger partial charge in [-0.3, -0.25) is 0 Å². The van der Waals surface area contributed by atoms with Gasteiger partial charge in [0.25, 0.3) is 5.79 Å². The van der Waals surface area contributed by atoms with Gasteiger partial charge in [-0.25, -0.2) is 4.79 Å². The van der Waals surface area contributed by atoms with E-state index in [0.717, 1.165) is 18.6 Å². The Balaban J connectivity index is 2.08. The fourth-order valence-corrected chi connectivity index (χ4v) is 3.24. The fraction of sp³-hybridized carbons (Fsp3) is 0.533. The smallest absolute Gasteiger partial charge is 0.337 e. The molecule has 1 saturated carbocycles. The van der Waals surface area contributed by atoms with Gasteiger partial charge in [0.2, 0.25) is 0 Å². The molecule has 1 aliphatic carbocycles. The minimum absolute atomic E-state index is 0.193. The van der Waals surface area contributed by atoms with Crippen molar-refractivity contribution in [1.29, 1.82) is 0 Å². The van der Waals surface area contributed by atoms with Crippen LogP contribution in [0, 0.1) is 11.3 Å². The number of allylic oxidation sites excluding steroid dienone is 3. The van der Waals surface area contributed by atoms with E-state index in [0.29, 0.717) is 12.0 Å². The van der Waals surface area contributed by atoms with E-state index in [-0.39, 0.29) is 17.3 Å². The van der Waals surface area contributed by atoms with E-state index < -0.39 is 5.79 Å². The molecule has 2 heterocycles. The van der Waals surface area contributed by atoms with Gasteiger partial charge in [-0.15, -0.1) is 0 Å². The van der Waals surface area contributed by atoms with Gasteiger partial charge in [0.1, 0.15) is 0 Å². The molecule has 3 heteroatoms. The molecule has 3 nitrogen and oxygen atoms in total. The average molecular weight is 246 g/mol. The molecule has 0 aromatic heterocycles. The van der Waals surface area contributed by atoms with E-state index in [2.05, 4.69) is 19.6 Å². The molecule has 2 bridgehead atoms. The topological polar surface area (TPSA) is 35.5 Å². The summed E-state index contributed by atoms with van der Waals surface area (Å²) < 4.78 is 11.7. The van der Waals surface area contributed by atoms with Crippen LogP contribution in [0.25, 0.3) is 0 Å². The molecule has 0 aromatic rings. The Morgan fingerprint density at radius 3 is 3.00 bits per heavy atom. The van der Waals surface area contributed by atoms with Crippen LogP contribution in [0.15, 0.2) is 36.1 Å². The highest BCUT2D eigenvalue weighted by molar-refractivity contribution is 5.89. The highest BCUT2D eigenvalue weighted by Crippen LogP contribution is 2.55. The quantitative estimate of drug-likeness (QED) is 0.486. The van der Waals surface area contributed by atoms with Gasteiger partial charge in [0.15, 0.2) is 0 Å². The first-order valence-corrected chi connectivity index (χ1v) is 6.43. The van der Waals surface area contributed by atoms with Crippen LogP contribution in [0.1, 0.15) is 33.1 Å². The first-order valence-electron chi connectivity index (χ1n) is 6.43. The van der Waals surface area contributed by atoms with Crippen LogP contribution in [0.5, 0.6) is 0 Å². The van der Waals surface area contributed by atoms with Crippen LogP contribution in [-0.2, 0) is 14.3 Å². The molecule has 0 N–H and O–H groups in total. The third kappa shape index (κ3) is 1.39. The number of hydrogen-bond acceptors (Lipinski definition) is 3. The van der Waals surface area contributed by atoms with Gasteiger partial charge in [-0.2, -0.15) is 0 Å². The molecular weight excluding hydrogens is 228 g/mol. The Kier molecular flexibility index (Phi) is 2.25. The van der Waals surface area contributed by atoms with Crippen LogP contribution in [0.2, 0.25) is 0 Å². The van der Waals surface area contributed by atoms with Gasteiger partial charge in [0, 0.05) is 12.0 Å². The zero-order valence-electron chi connectivity index (χ0n) is 10.9. The second kappa shape index (κ2) is 3.50. The molecule has 0 aromatic carbocycles. The molecule has 96 valence electrons. The van der Waals surface area contributed by atoms with E-state index in [9.17, 15) is 4.79 Å². The van der Waals surface area contributed by atoms with E-state index in [1.54, 1.807) is 0 Å². The summed E-state index contributed by atoms with van der Waals surface area (Å²) in [6.07, 6.45) is 8.66. The third-order valence-electron chi connectivity index (χ3n) is 4.53. The van der Waals surface area contributed by atoms with Crippen molar-refractivity contribution in [2.24, 2.45) is 11.3 Å². The first kappa shape index (κ1) is 11.6. The summed E-state index contributed by atoms with van der Waals surface area (Å²) in [5, 5.41) is 0. The van der Waals surface area contributed by atoms with Crippen LogP contribution >= 0.6 is 0 Å². The Labute approximate surface area is 107 Å². The molecule has 1 spiro atoms. The minimum Gasteiger partial charge on any atom is -0.456 e. The molecule has 0 radical (unpaired) electrons. The van der Waals surface area contributed by atoms with Gasteiger partial charge >= 0.3 is 5.97 Å². The highest BCUT2D eigenvalue weighted by Gasteiger charge is 2.60. The predicted molar refractivity (Wildman–Crippen MR) is 67.4 cm³/mol. The summed E-state index contributed by atoms with van der Waals surface area (Å²) in [5.74, 6) is -0.170. The number of rotatable bonds is 0. The lowest BCUT2D eigenvalue weighted by atomic mass is 9.64. The maximum absolute atomic E-state index is 12.0. The number of ether oxygens (including phenoxy) is 2. The standard InChI is InChI=1S/C15H18O3/c1-10-5-4-7-14(3)8-6-12-9-15(14,17-10)18-13(16)11(12)2/h4-5,7,12H,2,6,8-9H2,1,3H3/t12-,14-,15-/m1/s1. The molecule has 3 atom stereocenters. The molecule has 3 rings (SSSR count). The van der Waals surface area contributed by atoms with Gasteiger partial charge < -0.3 is 9.47 Å². The normalized spacial score (nSPS) is 42.3. The summed E-state index contributed by atoms with van der Waals surface area (Å²) in [4.78, 5) is 12.0. The zero-order chi connectivity index (χ0) is 13.0. The number of fused-ring (bicyclic) bond motifs is 1. The minimum atomic E-state index is -0.845. The average Bonchev–Trinajstić information content (AvgIpc) is 2.42. The van der Waals surface area contributed by atoms with Crippen LogP contribution in [0.3, 0.4) is 0 Å². The van der Waals surface area contributed by atoms with E-state index in [1.807, 2.05) is 19.1 Å². The van der Waals surface area contributed by atoms with Crippen molar-refractivity contribution >= 4 is 5.97 Å². The summed E-state index contributed by atoms with van der Waals surface area (Å²) in [5.41, 5.74) is 0.342. The van der Waals surface area contributed by atoms with E-state index in [4.69, 9.17) is 9.47 Å². The Morgan fingerprint density at radius 1 is 1.44 bits per heavy atom. The maximum Gasteiger partial charge on any atom is 0.337 e. The largest absolute Gasteiger partial charge is 0.456 e. The number of hydrogen-bond donors (Lipinski definition) is 0. The third-order valence-corrected chi connectivity index (χ3v) is 4.53. The van der Waals surface area contributed by atoms with E-state index in [1.165, 1.54) is 0 Å². The van der Waals surface area contributed by atoms with Crippen molar-refractivity contribution < 1.29 is 14.3 Å². The Bertz CT molecular complexity index is 488. The van der Waals surface area contributed by atoms with Gasteiger partial charge in [0.05, 0.1) is 11.2 Å². The second-order valence-corrected chi connectivity index (χ2v) is 5.76. The molecule has 1 saturated heterocycles. The van der Waals surface area contributed by atoms with Crippen LogP contribution in [0.4, 0.5) is 0 Å². The highest BCUT2D eigenvalue weighted by atomic mass is 16.7. The number of carbonyl (C=O) groups is 1.